The fourth-order valence-electron chi connectivity index (χ4n) is 2.67. The Morgan fingerprint density at radius 2 is 2.00 bits per heavy atom. The molecule has 0 aliphatic rings. The second kappa shape index (κ2) is 6.33. The lowest BCUT2D eigenvalue weighted by atomic mass is 10.1. The van der Waals surface area contributed by atoms with Crippen molar-refractivity contribution in [3.05, 3.63) is 50.9 Å². The van der Waals surface area contributed by atoms with E-state index in [4.69, 9.17) is 0 Å². The number of nitrogens with one attached hydrogen (secondary N) is 1. The standard InChI is InChI=1S/C18H20N4O2S/c1-10-8-12(21(3)4)6-7-13(10)20-16(23)15-11(2)14-17(25-15)19-9-22(5)18(14)24/h6-9H,1-5H3,(H,20,23). The van der Waals surface area contributed by atoms with Crippen LogP contribution in [0.5, 0.6) is 0 Å². The molecule has 0 aliphatic heterocycles. The van der Waals surface area contributed by atoms with Crippen LogP contribution in [0.3, 0.4) is 0 Å². The first-order valence-corrected chi connectivity index (χ1v) is 8.65. The van der Waals surface area contributed by atoms with Gasteiger partial charge in [0.05, 0.1) is 16.6 Å². The molecule has 0 fully saturated rings. The van der Waals surface area contributed by atoms with Crippen molar-refractivity contribution in [1.82, 2.24) is 9.55 Å². The zero-order valence-corrected chi connectivity index (χ0v) is 15.7. The van der Waals surface area contributed by atoms with Crippen LogP contribution in [-0.2, 0) is 7.05 Å². The smallest absolute Gasteiger partial charge is 0.266 e. The van der Waals surface area contributed by atoms with Crippen LogP contribution in [0.2, 0.25) is 0 Å². The van der Waals surface area contributed by atoms with Gasteiger partial charge in [-0.15, -0.1) is 11.3 Å². The first kappa shape index (κ1) is 17.2. The van der Waals surface area contributed by atoms with Gasteiger partial charge in [0.25, 0.3) is 11.5 Å². The number of thiophene rings is 1. The first-order valence-electron chi connectivity index (χ1n) is 7.83. The number of carbonyl (C=O) groups is 1. The summed E-state index contributed by atoms with van der Waals surface area (Å²) in [6.45, 7) is 3.75. The van der Waals surface area contributed by atoms with E-state index < -0.39 is 0 Å². The summed E-state index contributed by atoms with van der Waals surface area (Å²) in [5, 5.41) is 3.46. The Balaban J connectivity index is 1.97. The molecular formula is C18H20N4O2S. The molecule has 3 rings (SSSR count). The van der Waals surface area contributed by atoms with Gasteiger partial charge in [-0.25, -0.2) is 4.98 Å². The molecule has 0 aliphatic carbocycles. The molecule has 6 nitrogen and oxygen atoms in total. The van der Waals surface area contributed by atoms with Crippen LogP contribution in [0.25, 0.3) is 10.2 Å². The third-order valence-electron chi connectivity index (χ3n) is 4.19. The Kier molecular flexibility index (Phi) is 4.34. The number of benzene rings is 1. The van der Waals surface area contributed by atoms with Gasteiger partial charge in [-0.2, -0.15) is 0 Å². The Morgan fingerprint density at radius 1 is 1.28 bits per heavy atom. The molecule has 7 heteroatoms. The minimum atomic E-state index is -0.219. The number of anilines is 2. The van der Waals surface area contributed by atoms with E-state index in [9.17, 15) is 9.59 Å². The molecule has 3 aromatic rings. The molecular weight excluding hydrogens is 336 g/mol. The van der Waals surface area contributed by atoms with Crippen molar-refractivity contribution in [1.29, 1.82) is 0 Å². The van der Waals surface area contributed by atoms with Crippen molar-refractivity contribution in [3.63, 3.8) is 0 Å². The zero-order chi connectivity index (χ0) is 18.3. The first-order chi connectivity index (χ1) is 11.8. The summed E-state index contributed by atoms with van der Waals surface area (Å²) in [7, 11) is 5.60. The number of amides is 1. The summed E-state index contributed by atoms with van der Waals surface area (Å²) in [5.41, 5.74) is 3.35. The van der Waals surface area contributed by atoms with E-state index in [1.54, 1.807) is 14.0 Å². The van der Waals surface area contributed by atoms with Crippen molar-refractivity contribution in [2.24, 2.45) is 7.05 Å². The maximum Gasteiger partial charge on any atom is 0.266 e. The van der Waals surface area contributed by atoms with Gasteiger partial charge in [-0.1, -0.05) is 0 Å². The molecule has 1 aromatic carbocycles. The lowest BCUT2D eigenvalue weighted by Crippen LogP contribution is -2.17. The van der Waals surface area contributed by atoms with E-state index in [2.05, 4.69) is 10.3 Å². The molecule has 0 atom stereocenters. The molecule has 0 spiro atoms. The number of aromatic nitrogens is 2. The summed E-state index contributed by atoms with van der Waals surface area (Å²) in [6.07, 6.45) is 1.48. The molecule has 0 unspecified atom stereocenters. The highest BCUT2D eigenvalue weighted by molar-refractivity contribution is 7.20. The third kappa shape index (κ3) is 3.02. The number of aryl methyl sites for hydroxylation is 3. The van der Waals surface area contributed by atoms with Crippen LogP contribution in [-0.4, -0.2) is 29.6 Å². The van der Waals surface area contributed by atoms with Crippen LogP contribution in [0.15, 0.2) is 29.3 Å². The summed E-state index contributed by atoms with van der Waals surface area (Å²) >= 11 is 1.24. The van der Waals surface area contributed by atoms with Gasteiger partial charge in [0.1, 0.15) is 4.83 Å². The summed E-state index contributed by atoms with van der Waals surface area (Å²) < 4.78 is 1.42. The summed E-state index contributed by atoms with van der Waals surface area (Å²) in [4.78, 5) is 32.4. The summed E-state index contributed by atoms with van der Waals surface area (Å²) in [5.74, 6) is -0.219. The van der Waals surface area contributed by atoms with Crippen molar-refractivity contribution in [3.8, 4) is 0 Å². The Bertz CT molecular complexity index is 1030. The average molecular weight is 356 g/mol. The molecule has 25 heavy (non-hydrogen) atoms. The maximum absolute atomic E-state index is 12.7. The van der Waals surface area contributed by atoms with Crippen molar-refractivity contribution in [2.45, 2.75) is 13.8 Å². The van der Waals surface area contributed by atoms with Crippen LogP contribution >= 0.6 is 11.3 Å². The van der Waals surface area contributed by atoms with Crippen molar-refractivity contribution >= 4 is 38.8 Å². The quantitative estimate of drug-likeness (QED) is 0.783. The Labute approximate surface area is 149 Å². The van der Waals surface area contributed by atoms with Crippen LogP contribution < -0.4 is 15.8 Å². The second-order valence-electron chi connectivity index (χ2n) is 6.24. The molecule has 2 heterocycles. The highest BCUT2D eigenvalue weighted by atomic mass is 32.1. The predicted octanol–water partition coefficient (Wildman–Crippen LogP) is 2.93. The van der Waals surface area contributed by atoms with E-state index >= 15 is 0 Å². The Hall–Kier alpha value is -2.67. The topological polar surface area (TPSA) is 67.2 Å². The van der Waals surface area contributed by atoms with Gasteiger partial charge < -0.3 is 14.8 Å². The van der Waals surface area contributed by atoms with Gasteiger partial charge in [0.15, 0.2) is 0 Å². The van der Waals surface area contributed by atoms with Gasteiger partial charge in [0, 0.05) is 32.5 Å². The zero-order valence-electron chi connectivity index (χ0n) is 14.9. The molecule has 130 valence electrons. The van der Waals surface area contributed by atoms with Crippen molar-refractivity contribution < 1.29 is 4.79 Å². The molecule has 0 radical (unpaired) electrons. The summed E-state index contributed by atoms with van der Waals surface area (Å²) in [6, 6.07) is 5.87. The van der Waals surface area contributed by atoms with Gasteiger partial charge in [-0.3, -0.25) is 9.59 Å². The molecule has 0 saturated heterocycles. The number of carbonyl (C=O) groups excluding carboxylic acids is 1. The van der Waals surface area contributed by atoms with Crippen LogP contribution in [0.4, 0.5) is 11.4 Å². The van der Waals surface area contributed by atoms with Gasteiger partial charge in [0.2, 0.25) is 0 Å². The predicted molar refractivity (Wildman–Crippen MR) is 103 cm³/mol. The van der Waals surface area contributed by atoms with E-state index in [0.29, 0.717) is 20.7 Å². The molecule has 1 N–H and O–H groups in total. The highest BCUT2D eigenvalue weighted by Crippen LogP contribution is 2.28. The van der Waals surface area contributed by atoms with Gasteiger partial charge in [-0.05, 0) is 43.2 Å². The average Bonchev–Trinajstić information content (AvgIpc) is 2.90. The number of nitrogens with zero attached hydrogens (tertiary/aromatic N) is 3. The lowest BCUT2D eigenvalue weighted by molar-refractivity contribution is 0.103. The molecule has 0 saturated carbocycles. The fourth-order valence-corrected chi connectivity index (χ4v) is 3.71. The molecule has 2 aromatic heterocycles. The maximum atomic E-state index is 12.7. The highest BCUT2D eigenvalue weighted by Gasteiger charge is 2.19. The van der Waals surface area contributed by atoms with E-state index in [0.717, 1.165) is 16.9 Å². The van der Waals surface area contributed by atoms with Crippen LogP contribution in [0, 0.1) is 13.8 Å². The minimum Gasteiger partial charge on any atom is -0.378 e. The van der Waals surface area contributed by atoms with Crippen LogP contribution in [0.1, 0.15) is 20.8 Å². The third-order valence-corrected chi connectivity index (χ3v) is 5.39. The Morgan fingerprint density at radius 3 is 2.64 bits per heavy atom. The molecule has 1 amide bonds. The monoisotopic (exact) mass is 356 g/mol. The number of rotatable bonds is 3. The van der Waals surface area contributed by atoms with E-state index in [1.165, 1.54) is 22.2 Å². The number of fused-ring (bicyclic) bond motifs is 1. The van der Waals surface area contributed by atoms with Gasteiger partial charge >= 0.3 is 0 Å². The lowest BCUT2D eigenvalue weighted by Gasteiger charge is -2.15. The van der Waals surface area contributed by atoms with E-state index in [1.807, 2.05) is 44.1 Å². The normalized spacial score (nSPS) is 10.9. The largest absolute Gasteiger partial charge is 0.378 e. The fraction of sp³-hybridized carbons (Fsp3) is 0.278. The molecule has 0 bridgehead atoms. The van der Waals surface area contributed by atoms with E-state index in [-0.39, 0.29) is 11.5 Å². The number of hydrogen-bond donors (Lipinski definition) is 1. The second-order valence-corrected chi connectivity index (χ2v) is 7.24. The van der Waals surface area contributed by atoms with Crippen molar-refractivity contribution in [2.75, 3.05) is 24.3 Å². The number of hydrogen-bond acceptors (Lipinski definition) is 5. The SMILES string of the molecule is Cc1cc(N(C)C)ccc1NC(=O)c1sc2ncn(C)c(=O)c2c1C. The minimum absolute atomic E-state index is 0.135.